The first-order valence-electron chi connectivity index (χ1n) is 9.93. The van der Waals surface area contributed by atoms with Gasteiger partial charge >= 0.3 is 0 Å². The average Bonchev–Trinajstić information content (AvgIpc) is 3.13. The number of aryl methyl sites for hydroxylation is 1. The number of benzene rings is 2. The Morgan fingerprint density at radius 2 is 1.84 bits per heavy atom. The van der Waals surface area contributed by atoms with Crippen LogP contribution in [0.1, 0.15) is 5.56 Å². The number of sulfonamides is 1. The van der Waals surface area contributed by atoms with Crippen molar-refractivity contribution in [3.05, 3.63) is 54.1 Å². The summed E-state index contributed by atoms with van der Waals surface area (Å²) in [5.41, 5.74) is 2.76. The smallest absolute Gasteiger partial charge is 0.243 e. The van der Waals surface area contributed by atoms with E-state index in [0.717, 1.165) is 21.8 Å². The molecule has 1 aromatic heterocycles. The Morgan fingerprint density at radius 1 is 1.13 bits per heavy atom. The summed E-state index contributed by atoms with van der Waals surface area (Å²) in [6, 6.07) is 14.5. The molecule has 1 amide bonds. The van der Waals surface area contributed by atoms with Gasteiger partial charge in [-0.3, -0.25) is 4.79 Å². The zero-order valence-corrected chi connectivity index (χ0v) is 18.8. The van der Waals surface area contributed by atoms with Crippen LogP contribution in [0.5, 0.6) is 0 Å². The van der Waals surface area contributed by atoms with E-state index in [9.17, 15) is 13.2 Å². The monoisotopic (exact) mass is 460 g/mol. The Morgan fingerprint density at radius 3 is 2.55 bits per heavy atom. The third-order valence-corrected chi connectivity index (χ3v) is 8.04. The van der Waals surface area contributed by atoms with E-state index in [2.05, 4.69) is 10.3 Å². The molecule has 0 atom stereocenters. The van der Waals surface area contributed by atoms with Gasteiger partial charge in [0.05, 0.1) is 34.9 Å². The van der Waals surface area contributed by atoms with E-state index < -0.39 is 10.0 Å². The summed E-state index contributed by atoms with van der Waals surface area (Å²) in [6.45, 7) is 1.89. The number of carbonyl (C=O) groups excluding carboxylic acids is 1. The van der Waals surface area contributed by atoms with Crippen LogP contribution in [-0.2, 0) is 33.1 Å². The summed E-state index contributed by atoms with van der Waals surface area (Å²) in [4.78, 5) is 17.1. The van der Waals surface area contributed by atoms with Gasteiger partial charge in [-0.2, -0.15) is 4.31 Å². The van der Waals surface area contributed by atoms with Crippen molar-refractivity contribution in [1.82, 2.24) is 19.2 Å². The third-order valence-electron chi connectivity index (χ3n) is 5.10. The molecule has 1 fully saturated rings. The third kappa shape index (κ3) is 4.93. The van der Waals surface area contributed by atoms with Crippen LogP contribution in [0.4, 0.5) is 0 Å². The van der Waals surface area contributed by atoms with E-state index in [4.69, 9.17) is 4.74 Å². The van der Waals surface area contributed by atoms with Crippen LogP contribution in [0, 0.1) is 0 Å². The van der Waals surface area contributed by atoms with E-state index in [-0.39, 0.29) is 16.6 Å². The molecule has 1 aliphatic heterocycles. The summed E-state index contributed by atoms with van der Waals surface area (Å²) in [6.07, 6.45) is 0. The lowest BCUT2D eigenvalue weighted by molar-refractivity contribution is -0.118. The molecule has 0 radical (unpaired) electrons. The molecular formula is C21H24N4O4S2. The maximum atomic E-state index is 12.7. The van der Waals surface area contributed by atoms with Crippen LogP contribution in [0.3, 0.4) is 0 Å². The number of thioether (sulfide) groups is 1. The number of nitrogens with zero attached hydrogens (tertiary/aromatic N) is 3. The highest BCUT2D eigenvalue weighted by Crippen LogP contribution is 2.22. The van der Waals surface area contributed by atoms with Crippen molar-refractivity contribution >= 4 is 38.7 Å². The number of nitrogens with one attached hydrogen (secondary N) is 1. The van der Waals surface area contributed by atoms with E-state index in [1.54, 1.807) is 24.3 Å². The number of amides is 1. The summed E-state index contributed by atoms with van der Waals surface area (Å²) in [5.74, 6) is 0.141. The second kappa shape index (κ2) is 9.39. The van der Waals surface area contributed by atoms with Gasteiger partial charge in [0.1, 0.15) is 0 Å². The lowest BCUT2D eigenvalue weighted by Gasteiger charge is -2.26. The standard InChI is InChI=1S/C21H24N4O4S2/c1-24-19-5-3-2-4-18(19)23-21(24)30-15-20(26)22-14-16-6-8-17(9-7-16)31(27,28)25-10-12-29-13-11-25/h2-9H,10-15H2,1H3,(H,22,26). The topological polar surface area (TPSA) is 93.5 Å². The number of rotatable bonds is 7. The lowest BCUT2D eigenvalue weighted by Crippen LogP contribution is -2.40. The van der Waals surface area contributed by atoms with Crippen LogP contribution in [0.2, 0.25) is 0 Å². The predicted molar refractivity (Wildman–Crippen MR) is 119 cm³/mol. The fraction of sp³-hybridized carbons (Fsp3) is 0.333. The molecule has 0 spiro atoms. The number of fused-ring (bicyclic) bond motifs is 1. The zero-order valence-electron chi connectivity index (χ0n) is 17.2. The van der Waals surface area contributed by atoms with Crippen molar-refractivity contribution in [2.24, 2.45) is 7.05 Å². The van der Waals surface area contributed by atoms with Crippen LogP contribution in [-0.4, -0.2) is 60.2 Å². The van der Waals surface area contributed by atoms with Crippen molar-refractivity contribution in [1.29, 1.82) is 0 Å². The fourth-order valence-electron chi connectivity index (χ4n) is 3.35. The number of hydrogen-bond donors (Lipinski definition) is 1. The number of morpholine rings is 1. The van der Waals surface area contributed by atoms with Crippen LogP contribution in [0.15, 0.2) is 58.6 Å². The van der Waals surface area contributed by atoms with Crippen molar-refractivity contribution in [3.63, 3.8) is 0 Å². The van der Waals surface area contributed by atoms with Crippen molar-refractivity contribution in [2.45, 2.75) is 16.6 Å². The first-order valence-corrected chi connectivity index (χ1v) is 12.4. The van der Waals surface area contributed by atoms with Crippen molar-refractivity contribution < 1.29 is 17.9 Å². The largest absolute Gasteiger partial charge is 0.379 e. The van der Waals surface area contributed by atoms with Crippen LogP contribution < -0.4 is 5.32 Å². The number of para-hydroxylation sites is 2. The van der Waals surface area contributed by atoms with Gasteiger partial charge in [-0.05, 0) is 29.8 Å². The minimum Gasteiger partial charge on any atom is -0.379 e. The molecule has 3 aromatic rings. The van der Waals surface area contributed by atoms with Crippen molar-refractivity contribution in [2.75, 3.05) is 32.1 Å². The zero-order chi connectivity index (χ0) is 21.8. The highest BCUT2D eigenvalue weighted by Gasteiger charge is 2.26. The fourth-order valence-corrected chi connectivity index (χ4v) is 5.57. The van der Waals surface area contributed by atoms with Gasteiger partial charge in [0.2, 0.25) is 15.9 Å². The molecule has 164 valence electrons. The Labute approximate surface area is 185 Å². The van der Waals surface area contributed by atoms with Crippen LogP contribution in [0.25, 0.3) is 11.0 Å². The molecule has 0 unspecified atom stereocenters. The highest BCUT2D eigenvalue weighted by molar-refractivity contribution is 7.99. The second-order valence-electron chi connectivity index (χ2n) is 7.17. The maximum Gasteiger partial charge on any atom is 0.243 e. The molecule has 4 rings (SSSR count). The highest BCUT2D eigenvalue weighted by atomic mass is 32.2. The first-order chi connectivity index (χ1) is 14.9. The number of hydrogen-bond acceptors (Lipinski definition) is 6. The summed E-state index contributed by atoms with van der Waals surface area (Å²) in [7, 11) is -1.58. The molecule has 10 heteroatoms. The van der Waals surface area contributed by atoms with E-state index in [0.29, 0.717) is 32.8 Å². The SMILES string of the molecule is Cn1c(SCC(=O)NCc2ccc(S(=O)(=O)N3CCOCC3)cc2)nc2ccccc21. The van der Waals surface area contributed by atoms with E-state index in [1.165, 1.54) is 16.1 Å². The molecule has 2 heterocycles. The maximum absolute atomic E-state index is 12.7. The molecule has 1 aliphatic rings. The summed E-state index contributed by atoms with van der Waals surface area (Å²) >= 11 is 1.38. The minimum absolute atomic E-state index is 0.109. The summed E-state index contributed by atoms with van der Waals surface area (Å²) in [5, 5.41) is 3.66. The molecule has 0 aliphatic carbocycles. The molecule has 2 aromatic carbocycles. The molecule has 1 saturated heterocycles. The van der Waals surface area contributed by atoms with Gasteiger partial charge in [-0.15, -0.1) is 0 Å². The Hall–Kier alpha value is -2.40. The minimum atomic E-state index is -3.51. The number of carbonyl (C=O) groups is 1. The van der Waals surface area contributed by atoms with Gasteiger partial charge in [0, 0.05) is 26.7 Å². The lowest BCUT2D eigenvalue weighted by atomic mass is 10.2. The average molecular weight is 461 g/mol. The van der Waals surface area contributed by atoms with Gasteiger partial charge in [0.25, 0.3) is 0 Å². The quantitative estimate of drug-likeness (QED) is 0.542. The molecule has 1 N–H and O–H groups in total. The Bertz CT molecular complexity index is 1170. The normalized spacial score (nSPS) is 15.3. The molecular weight excluding hydrogens is 436 g/mol. The predicted octanol–water partition coefficient (Wildman–Crippen LogP) is 2.00. The molecule has 8 nitrogen and oxygen atoms in total. The molecule has 0 saturated carbocycles. The molecule has 0 bridgehead atoms. The Kier molecular flexibility index (Phi) is 6.61. The van der Waals surface area contributed by atoms with Gasteiger partial charge in [0.15, 0.2) is 5.16 Å². The van der Waals surface area contributed by atoms with E-state index in [1.807, 2.05) is 35.9 Å². The van der Waals surface area contributed by atoms with Gasteiger partial charge in [-0.25, -0.2) is 13.4 Å². The van der Waals surface area contributed by atoms with E-state index >= 15 is 0 Å². The number of aromatic nitrogens is 2. The van der Waals surface area contributed by atoms with Gasteiger partial charge in [-0.1, -0.05) is 36.0 Å². The van der Waals surface area contributed by atoms with Crippen molar-refractivity contribution in [3.8, 4) is 0 Å². The number of ether oxygens (including phenoxy) is 1. The second-order valence-corrected chi connectivity index (χ2v) is 10.0. The van der Waals surface area contributed by atoms with Gasteiger partial charge < -0.3 is 14.6 Å². The summed E-state index contributed by atoms with van der Waals surface area (Å²) < 4.78 is 34.0. The number of imidazole rings is 1. The molecule has 31 heavy (non-hydrogen) atoms. The van der Waals surface area contributed by atoms with Crippen LogP contribution >= 0.6 is 11.8 Å². The first kappa shape index (κ1) is 21.8. The Balaban J connectivity index is 1.30.